The molecular formula is C17H20N8. The number of nitrogens with zero attached hydrogens (tertiary/aromatic N) is 8. The predicted octanol–water partition coefficient (Wildman–Crippen LogP) is 1.36. The Balaban J connectivity index is 1.30. The Kier molecular flexibility index (Phi) is 3.13. The van der Waals surface area contributed by atoms with Crippen molar-refractivity contribution >= 4 is 22.7 Å². The van der Waals surface area contributed by atoms with Crippen molar-refractivity contribution in [2.75, 3.05) is 29.9 Å². The minimum Gasteiger partial charge on any atom is -0.352 e. The number of aromatic nitrogens is 6. The van der Waals surface area contributed by atoms with Crippen LogP contribution in [0.1, 0.15) is 24.5 Å². The van der Waals surface area contributed by atoms with Crippen molar-refractivity contribution in [3.05, 3.63) is 30.4 Å². The summed E-state index contributed by atoms with van der Waals surface area (Å²) in [5, 5.41) is 14.1. The van der Waals surface area contributed by atoms with E-state index in [2.05, 4.69) is 54.2 Å². The van der Waals surface area contributed by atoms with Crippen LogP contribution in [0.2, 0.25) is 0 Å². The second-order valence-corrected chi connectivity index (χ2v) is 7.00. The summed E-state index contributed by atoms with van der Waals surface area (Å²) in [4.78, 5) is 13.2. The fourth-order valence-electron chi connectivity index (χ4n) is 3.38. The van der Waals surface area contributed by atoms with E-state index < -0.39 is 0 Å². The minimum atomic E-state index is 0.392. The first-order valence-electron chi connectivity index (χ1n) is 8.65. The molecule has 0 bridgehead atoms. The van der Waals surface area contributed by atoms with Crippen molar-refractivity contribution in [2.24, 2.45) is 7.05 Å². The van der Waals surface area contributed by atoms with Gasteiger partial charge in [0.15, 0.2) is 11.5 Å². The van der Waals surface area contributed by atoms with E-state index in [0.717, 1.165) is 41.5 Å². The third-order valence-electron chi connectivity index (χ3n) is 5.15. The molecule has 2 fully saturated rings. The number of anilines is 2. The average molecular weight is 336 g/mol. The van der Waals surface area contributed by atoms with Crippen molar-refractivity contribution in [1.29, 1.82) is 0 Å². The normalized spacial score (nSPS) is 17.8. The molecule has 1 aliphatic carbocycles. The van der Waals surface area contributed by atoms with E-state index in [1.165, 1.54) is 12.8 Å². The van der Waals surface area contributed by atoms with E-state index in [1.807, 2.05) is 13.2 Å². The lowest BCUT2D eigenvalue weighted by Gasteiger charge is -2.44. The van der Waals surface area contributed by atoms with E-state index in [0.29, 0.717) is 12.0 Å². The molecule has 1 saturated heterocycles. The van der Waals surface area contributed by atoms with Gasteiger partial charge < -0.3 is 9.80 Å². The Morgan fingerprint density at radius 1 is 1.12 bits per heavy atom. The largest absolute Gasteiger partial charge is 0.352 e. The van der Waals surface area contributed by atoms with Gasteiger partial charge in [-0.2, -0.15) is 10.2 Å². The van der Waals surface area contributed by atoms with Crippen LogP contribution in [0.15, 0.2) is 24.7 Å². The van der Waals surface area contributed by atoms with Gasteiger partial charge in [0.25, 0.3) is 0 Å². The maximum Gasteiger partial charge on any atom is 0.186 e. The van der Waals surface area contributed by atoms with E-state index >= 15 is 0 Å². The maximum absolute atomic E-state index is 4.47. The Bertz CT molecular complexity index is 908. The molecule has 128 valence electrons. The number of rotatable bonds is 4. The summed E-state index contributed by atoms with van der Waals surface area (Å²) in [6.45, 7) is 1.83. The van der Waals surface area contributed by atoms with Crippen molar-refractivity contribution in [3.8, 4) is 0 Å². The van der Waals surface area contributed by atoms with E-state index in [9.17, 15) is 0 Å². The lowest BCUT2D eigenvalue weighted by Crippen LogP contribution is -2.59. The Hall–Kier alpha value is -2.77. The number of likely N-dealkylation sites (N-methyl/N-ethyl adjacent to an activating group) is 1. The smallest absolute Gasteiger partial charge is 0.186 e. The van der Waals surface area contributed by atoms with Crippen LogP contribution in [0.25, 0.3) is 11.0 Å². The molecule has 0 radical (unpaired) electrons. The Morgan fingerprint density at radius 3 is 2.68 bits per heavy atom. The molecule has 0 aromatic carbocycles. The molecule has 1 aliphatic heterocycles. The minimum absolute atomic E-state index is 0.392. The molecule has 8 heteroatoms. The van der Waals surface area contributed by atoms with Crippen LogP contribution < -0.4 is 9.80 Å². The van der Waals surface area contributed by atoms with Gasteiger partial charge in [-0.15, -0.1) is 5.10 Å². The molecule has 4 heterocycles. The lowest BCUT2D eigenvalue weighted by molar-refractivity contribution is 0.488. The standard InChI is InChI=1S/C17H20N8/c1-23-9-13-16(22-23)18-10-19-17(13)24(2)12-7-25(8-12)15-6-5-14(20-21-15)11-3-4-11/h5-6,9-12H,3-4,7-8H2,1-2H3. The zero-order chi connectivity index (χ0) is 17.0. The predicted molar refractivity (Wildman–Crippen MR) is 94.7 cm³/mol. The van der Waals surface area contributed by atoms with Gasteiger partial charge in [0.05, 0.1) is 17.1 Å². The summed E-state index contributed by atoms with van der Waals surface area (Å²) in [7, 11) is 3.99. The molecular weight excluding hydrogens is 316 g/mol. The lowest BCUT2D eigenvalue weighted by atomic mass is 10.1. The van der Waals surface area contributed by atoms with Gasteiger partial charge in [-0.3, -0.25) is 4.68 Å². The molecule has 5 rings (SSSR count). The highest BCUT2D eigenvalue weighted by molar-refractivity contribution is 5.86. The summed E-state index contributed by atoms with van der Waals surface area (Å²) in [6, 6.07) is 4.62. The number of aryl methyl sites for hydroxylation is 1. The molecule has 2 aliphatic rings. The first-order valence-corrected chi connectivity index (χ1v) is 8.65. The van der Waals surface area contributed by atoms with E-state index in [4.69, 9.17) is 0 Å². The quantitative estimate of drug-likeness (QED) is 0.712. The highest BCUT2D eigenvalue weighted by atomic mass is 15.4. The number of hydrogen-bond donors (Lipinski definition) is 0. The van der Waals surface area contributed by atoms with Crippen molar-refractivity contribution in [2.45, 2.75) is 24.8 Å². The zero-order valence-corrected chi connectivity index (χ0v) is 14.4. The highest BCUT2D eigenvalue weighted by Gasteiger charge is 2.33. The zero-order valence-electron chi connectivity index (χ0n) is 14.4. The van der Waals surface area contributed by atoms with Crippen LogP contribution >= 0.6 is 0 Å². The van der Waals surface area contributed by atoms with Crippen LogP contribution in [-0.2, 0) is 7.05 Å². The number of fused-ring (bicyclic) bond motifs is 1. The molecule has 1 saturated carbocycles. The van der Waals surface area contributed by atoms with Crippen LogP contribution in [0.5, 0.6) is 0 Å². The second-order valence-electron chi connectivity index (χ2n) is 7.00. The second kappa shape index (κ2) is 5.37. The molecule has 0 atom stereocenters. The van der Waals surface area contributed by atoms with Crippen molar-refractivity contribution in [1.82, 2.24) is 29.9 Å². The third-order valence-corrected chi connectivity index (χ3v) is 5.15. The first-order chi connectivity index (χ1) is 12.2. The van der Waals surface area contributed by atoms with Crippen molar-refractivity contribution < 1.29 is 0 Å². The van der Waals surface area contributed by atoms with Gasteiger partial charge >= 0.3 is 0 Å². The number of hydrogen-bond acceptors (Lipinski definition) is 7. The first kappa shape index (κ1) is 14.6. The molecule has 0 unspecified atom stereocenters. The summed E-state index contributed by atoms with van der Waals surface area (Å²) in [5.41, 5.74) is 1.87. The van der Waals surface area contributed by atoms with Gasteiger partial charge in [0.1, 0.15) is 12.1 Å². The molecule has 25 heavy (non-hydrogen) atoms. The monoisotopic (exact) mass is 336 g/mol. The van der Waals surface area contributed by atoms with Gasteiger partial charge in [-0.25, -0.2) is 9.97 Å². The Morgan fingerprint density at radius 2 is 1.96 bits per heavy atom. The van der Waals surface area contributed by atoms with Crippen LogP contribution in [0.3, 0.4) is 0 Å². The topological polar surface area (TPSA) is 75.9 Å². The molecule has 0 amide bonds. The summed E-state index contributed by atoms with van der Waals surface area (Å²) in [6.07, 6.45) is 6.07. The van der Waals surface area contributed by atoms with Crippen LogP contribution in [0, 0.1) is 0 Å². The highest BCUT2D eigenvalue weighted by Crippen LogP contribution is 2.39. The van der Waals surface area contributed by atoms with Crippen LogP contribution in [0.4, 0.5) is 11.6 Å². The molecule has 0 N–H and O–H groups in total. The van der Waals surface area contributed by atoms with E-state index in [-0.39, 0.29) is 0 Å². The van der Waals surface area contributed by atoms with Crippen LogP contribution in [-0.4, -0.2) is 56.1 Å². The van der Waals surface area contributed by atoms with E-state index in [1.54, 1.807) is 11.0 Å². The van der Waals surface area contributed by atoms with Gasteiger partial charge in [0, 0.05) is 39.3 Å². The van der Waals surface area contributed by atoms with Gasteiger partial charge in [-0.05, 0) is 25.0 Å². The fourth-order valence-corrected chi connectivity index (χ4v) is 3.38. The summed E-state index contributed by atoms with van der Waals surface area (Å²) < 4.78 is 1.78. The van der Waals surface area contributed by atoms with Crippen molar-refractivity contribution in [3.63, 3.8) is 0 Å². The molecule has 3 aromatic rings. The molecule has 8 nitrogen and oxygen atoms in total. The summed E-state index contributed by atoms with van der Waals surface area (Å²) >= 11 is 0. The fraction of sp³-hybridized carbons (Fsp3) is 0.471. The Labute approximate surface area is 145 Å². The van der Waals surface area contributed by atoms with Gasteiger partial charge in [0.2, 0.25) is 0 Å². The maximum atomic E-state index is 4.47. The molecule has 3 aromatic heterocycles. The SMILES string of the molecule is CN(c1ncnc2nn(C)cc12)C1CN(c2ccc(C3CC3)nn2)C1. The summed E-state index contributed by atoms with van der Waals surface area (Å²) in [5.74, 6) is 2.54. The average Bonchev–Trinajstić information content (AvgIpc) is 3.34. The van der Waals surface area contributed by atoms with Gasteiger partial charge in [-0.1, -0.05) is 0 Å². The molecule has 0 spiro atoms. The third kappa shape index (κ3) is 2.48.